The molecular weight excluding hydrogens is 286 g/mol. The molecule has 20 heavy (non-hydrogen) atoms. The van der Waals surface area contributed by atoms with Gasteiger partial charge in [-0.1, -0.05) is 30.3 Å². The van der Waals surface area contributed by atoms with Crippen LogP contribution in [0.25, 0.3) is 11.3 Å². The maximum atomic E-state index is 5.29. The second kappa shape index (κ2) is 5.56. The number of aromatic nitrogens is 2. The van der Waals surface area contributed by atoms with Crippen LogP contribution in [-0.2, 0) is 0 Å². The van der Waals surface area contributed by atoms with Gasteiger partial charge in [-0.15, -0.1) is 11.3 Å². The first-order chi connectivity index (χ1) is 9.72. The molecule has 0 aliphatic heterocycles. The molecule has 0 atom stereocenters. The topological polar surface area (TPSA) is 33.1 Å². The molecule has 3 rings (SSSR count). The van der Waals surface area contributed by atoms with E-state index in [0.29, 0.717) is 4.77 Å². The minimum Gasteiger partial charge on any atom is -0.329 e. The minimum absolute atomic E-state index is 0.591. The number of thiophene rings is 1. The smallest absolute Gasteiger partial charge is 0.198 e. The van der Waals surface area contributed by atoms with E-state index in [1.807, 2.05) is 42.7 Å². The fourth-order valence-corrected chi connectivity index (χ4v) is 2.83. The van der Waals surface area contributed by atoms with Gasteiger partial charge in [0.05, 0.1) is 18.1 Å². The van der Waals surface area contributed by atoms with Gasteiger partial charge in [-0.05, 0) is 36.8 Å². The van der Waals surface area contributed by atoms with E-state index in [4.69, 9.17) is 12.2 Å². The first-order valence-corrected chi connectivity index (χ1v) is 7.43. The van der Waals surface area contributed by atoms with E-state index >= 15 is 0 Å². The van der Waals surface area contributed by atoms with E-state index < -0.39 is 0 Å². The van der Waals surface area contributed by atoms with Crippen molar-refractivity contribution in [2.24, 2.45) is 5.10 Å². The van der Waals surface area contributed by atoms with Crippen molar-refractivity contribution in [2.45, 2.75) is 6.92 Å². The highest BCUT2D eigenvalue weighted by atomic mass is 32.1. The van der Waals surface area contributed by atoms with Crippen LogP contribution < -0.4 is 0 Å². The molecule has 5 heteroatoms. The van der Waals surface area contributed by atoms with Crippen LogP contribution in [0.1, 0.15) is 9.75 Å². The standard InChI is InChI=1S/C15H13N3S2/c1-11-7-8-13(20-11)9-16-18-10-14(17-15(18)19)12-5-3-2-4-6-12/h2-10H,1H3,(H,17,19)/b16-9+. The molecule has 0 unspecified atom stereocenters. The number of aryl methyl sites for hydroxylation is 1. The number of hydrogen-bond acceptors (Lipinski definition) is 3. The fourth-order valence-electron chi connectivity index (χ4n) is 1.88. The fraction of sp³-hybridized carbons (Fsp3) is 0.0667. The van der Waals surface area contributed by atoms with Gasteiger partial charge >= 0.3 is 0 Å². The van der Waals surface area contributed by atoms with Crippen molar-refractivity contribution in [3.8, 4) is 11.3 Å². The van der Waals surface area contributed by atoms with Crippen LogP contribution in [-0.4, -0.2) is 15.9 Å². The third-order valence-electron chi connectivity index (χ3n) is 2.86. The van der Waals surface area contributed by atoms with E-state index in [-0.39, 0.29) is 0 Å². The van der Waals surface area contributed by atoms with Gasteiger partial charge in [-0.25, -0.2) is 4.68 Å². The van der Waals surface area contributed by atoms with E-state index in [0.717, 1.165) is 16.1 Å². The molecule has 0 fully saturated rings. The molecule has 1 N–H and O–H groups in total. The molecule has 0 spiro atoms. The number of nitrogens with zero attached hydrogens (tertiary/aromatic N) is 2. The van der Waals surface area contributed by atoms with Crippen molar-refractivity contribution < 1.29 is 0 Å². The number of H-pyrrole nitrogens is 1. The molecule has 0 saturated heterocycles. The van der Waals surface area contributed by atoms with E-state index in [1.54, 1.807) is 16.0 Å². The van der Waals surface area contributed by atoms with E-state index in [1.165, 1.54) is 4.88 Å². The molecular formula is C15H13N3S2. The molecule has 0 aliphatic rings. The first kappa shape index (κ1) is 13.0. The molecule has 1 aromatic carbocycles. The van der Waals surface area contributed by atoms with Gasteiger partial charge in [0.2, 0.25) is 0 Å². The van der Waals surface area contributed by atoms with Crippen molar-refractivity contribution in [3.05, 3.63) is 63.2 Å². The lowest BCUT2D eigenvalue weighted by molar-refractivity contribution is 0.865. The van der Waals surface area contributed by atoms with Crippen molar-refractivity contribution in [1.29, 1.82) is 0 Å². The van der Waals surface area contributed by atoms with Gasteiger partial charge < -0.3 is 4.98 Å². The Morgan fingerprint density at radius 2 is 2.00 bits per heavy atom. The summed E-state index contributed by atoms with van der Waals surface area (Å²) >= 11 is 7.00. The number of aromatic amines is 1. The number of rotatable bonds is 3. The monoisotopic (exact) mass is 299 g/mol. The zero-order valence-electron chi connectivity index (χ0n) is 10.9. The Labute approximate surface area is 126 Å². The third kappa shape index (κ3) is 2.79. The summed E-state index contributed by atoms with van der Waals surface area (Å²) in [5.74, 6) is 0. The van der Waals surface area contributed by atoms with Gasteiger partial charge in [0.15, 0.2) is 4.77 Å². The highest BCUT2D eigenvalue weighted by molar-refractivity contribution is 7.71. The Bertz CT molecular complexity index is 794. The van der Waals surface area contributed by atoms with Gasteiger partial charge in [-0.3, -0.25) is 0 Å². The predicted molar refractivity (Wildman–Crippen MR) is 87.1 cm³/mol. The summed E-state index contributed by atoms with van der Waals surface area (Å²) < 4.78 is 2.28. The number of hydrogen-bond donors (Lipinski definition) is 1. The third-order valence-corrected chi connectivity index (χ3v) is 4.08. The van der Waals surface area contributed by atoms with Crippen molar-refractivity contribution in [2.75, 3.05) is 0 Å². The molecule has 3 nitrogen and oxygen atoms in total. The number of benzene rings is 1. The lowest BCUT2D eigenvalue weighted by Gasteiger charge is -1.94. The molecule has 3 aromatic rings. The van der Waals surface area contributed by atoms with Crippen molar-refractivity contribution in [3.63, 3.8) is 0 Å². The Hall–Kier alpha value is -1.98. The zero-order chi connectivity index (χ0) is 13.9. The Kier molecular flexibility index (Phi) is 3.62. The second-order valence-electron chi connectivity index (χ2n) is 4.38. The second-order valence-corrected chi connectivity index (χ2v) is 6.08. The predicted octanol–water partition coefficient (Wildman–Crippen LogP) is 4.46. The molecule has 2 heterocycles. The molecule has 100 valence electrons. The number of nitrogens with one attached hydrogen (secondary N) is 1. The number of imidazole rings is 1. The lowest BCUT2D eigenvalue weighted by atomic mass is 10.2. The summed E-state index contributed by atoms with van der Waals surface area (Å²) in [6, 6.07) is 14.2. The minimum atomic E-state index is 0.591. The van der Waals surface area contributed by atoms with Gasteiger partial charge in [-0.2, -0.15) is 5.10 Å². The molecule has 2 aromatic heterocycles. The van der Waals surface area contributed by atoms with Crippen LogP contribution in [0.2, 0.25) is 0 Å². The summed E-state index contributed by atoms with van der Waals surface area (Å²) in [5.41, 5.74) is 2.06. The maximum absolute atomic E-state index is 5.29. The molecule has 0 aliphatic carbocycles. The first-order valence-electron chi connectivity index (χ1n) is 6.20. The zero-order valence-corrected chi connectivity index (χ0v) is 12.5. The average molecular weight is 299 g/mol. The summed E-state index contributed by atoms with van der Waals surface area (Å²) in [6.45, 7) is 2.08. The van der Waals surface area contributed by atoms with E-state index in [9.17, 15) is 0 Å². The van der Waals surface area contributed by atoms with Gasteiger partial charge in [0.1, 0.15) is 0 Å². The lowest BCUT2D eigenvalue weighted by Crippen LogP contribution is -1.86. The van der Waals surface area contributed by atoms with Crippen LogP contribution >= 0.6 is 23.6 Å². The summed E-state index contributed by atoms with van der Waals surface area (Å²) in [7, 11) is 0. The Morgan fingerprint density at radius 1 is 1.20 bits per heavy atom. The normalized spacial score (nSPS) is 11.2. The molecule has 0 saturated carbocycles. The maximum Gasteiger partial charge on any atom is 0.198 e. The average Bonchev–Trinajstić information content (AvgIpc) is 3.04. The molecule has 0 bridgehead atoms. The van der Waals surface area contributed by atoms with Crippen LogP contribution in [0.15, 0.2) is 53.8 Å². The summed E-state index contributed by atoms with van der Waals surface area (Å²) in [5, 5.41) is 4.40. The van der Waals surface area contributed by atoms with E-state index in [2.05, 4.69) is 29.1 Å². The molecule has 0 radical (unpaired) electrons. The van der Waals surface area contributed by atoms with Gasteiger partial charge in [0.25, 0.3) is 0 Å². The molecule has 0 amide bonds. The van der Waals surface area contributed by atoms with Crippen LogP contribution in [0.4, 0.5) is 0 Å². The van der Waals surface area contributed by atoms with Crippen LogP contribution in [0, 0.1) is 11.7 Å². The Balaban J connectivity index is 1.90. The summed E-state index contributed by atoms with van der Waals surface area (Å²) in [6.07, 6.45) is 3.74. The summed E-state index contributed by atoms with van der Waals surface area (Å²) in [4.78, 5) is 5.56. The largest absolute Gasteiger partial charge is 0.329 e. The quantitative estimate of drug-likeness (QED) is 0.562. The van der Waals surface area contributed by atoms with Crippen LogP contribution in [0.3, 0.4) is 0 Å². The SMILES string of the molecule is Cc1ccc(/C=N/n2cc(-c3ccccc3)[nH]c2=S)s1. The van der Waals surface area contributed by atoms with Crippen molar-refractivity contribution >= 4 is 29.8 Å². The van der Waals surface area contributed by atoms with Crippen LogP contribution in [0.5, 0.6) is 0 Å². The Morgan fingerprint density at radius 3 is 2.70 bits per heavy atom. The highest BCUT2D eigenvalue weighted by Gasteiger charge is 2.01. The van der Waals surface area contributed by atoms with Gasteiger partial charge in [0, 0.05) is 9.75 Å². The highest BCUT2D eigenvalue weighted by Crippen LogP contribution is 2.17. The van der Waals surface area contributed by atoms with Crippen molar-refractivity contribution in [1.82, 2.24) is 9.66 Å².